The highest BCUT2D eigenvalue weighted by Gasteiger charge is 2.50. The van der Waals surface area contributed by atoms with Gasteiger partial charge >= 0.3 is 6.03 Å². The summed E-state index contributed by atoms with van der Waals surface area (Å²) in [5.41, 5.74) is -0.718. The van der Waals surface area contributed by atoms with Crippen LogP contribution < -0.4 is 14.8 Å². The normalized spacial score (nSPS) is 22.4. The van der Waals surface area contributed by atoms with Crippen molar-refractivity contribution in [3.8, 4) is 11.5 Å². The second-order valence-electron chi connectivity index (χ2n) is 7.81. The highest BCUT2D eigenvalue weighted by molar-refractivity contribution is 6.09. The zero-order valence-corrected chi connectivity index (χ0v) is 17.5. The number of hydrogen-bond donors (Lipinski definition) is 1. The molecule has 1 heterocycles. The lowest BCUT2D eigenvalue weighted by atomic mass is 9.91. The Kier molecular flexibility index (Phi) is 6.00. The van der Waals surface area contributed by atoms with E-state index in [1.54, 1.807) is 37.1 Å². The van der Waals surface area contributed by atoms with E-state index in [9.17, 15) is 14.4 Å². The molecule has 158 valence electrons. The van der Waals surface area contributed by atoms with E-state index in [0.717, 1.165) is 30.6 Å². The van der Waals surface area contributed by atoms with Crippen LogP contribution in [0.15, 0.2) is 18.2 Å². The average Bonchev–Trinajstić information content (AvgIpc) is 2.97. The van der Waals surface area contributed by atoms with E-state index in [4.69, 9.17) is 9.47 Å². The largest absolute Gasteiger partial charge is 0.493 e. The molecule has 2 fully saturated rings. The van der Waals surface area contributed by atoms with E-state index in [-0.39, 0.29) is 18.5 Å². The third-order valence-electron chi connectivity index (χ3n) is 6.05. The molecule has 0 bridgehead atoms. The predicted molar refractivity (Wildman–Crippen MR) is 107 cm³/mol. The molecule has 1 aromatic rings. The van der Waals surface area contributed by atoms with Gasteiger partial charge in [0.2, 0.25) is 5.91 Å². The number of hydrogen-bond acceptors (Lipinski definition) is 5. The van der Waals surface area contributed by atoms with Crippen LogP contribution in [0.4, 0.5) is 4.79 Å². The van der Waals surface area contributed by atoms with E-state index >= 15 is 0 Å². The zero-order chi connectivity index (χ0) is 21.2. The number of likely N-dealkylation sites (N-methyl/N-ethyl adjacent to an activating group) is 1. The van der Waals surface area contributed by atoms with Crippen molar-refractivity contribution in [1.82, 2.24) is 15.1 Å². The van der Waals surface area contributed by atoms with Gasteiger partial charge in [0.05, 0.1) is 14.2 Å². The molecule has 3 rings (SSSR count). The molecule has 2 aliphatic rings. The molecule has 1 aromatic carbocycles. The fourth-order valence-corrected chi connectivity index (χ4v) is 4.10. The minimum absolute atomic E-state index is 0.175. The van der Waals surface area contributed by atoms with Crippen molar-refractivity contribution in [3.63, 3.8) is 0 Å². The molecule has 29 heavy (non-hydrogen) atoms. The van der Waals surface area contributed by atoms with Gasteiger partial charge in [-0.2, -0.15) is 0 Å². The monoisotopic (exact) mass is 403 g/mol. The van der Waals surface area contributed by atoms with Crippen LogP contribution in [-0.2, 0) is 15.1 Å². The Bertz CT molecular complexity index is 806. The minimum atomic E-state index is -1.28. The van der Waals surface area contributed by atoms with Gasteiger partial charge in [-0.3, -0.25) is 14.5 Å². The van der Waals surface area contributed by atoms with Gasteiger partial charge in [-0.1, -0.05) is 25.3 Å². The summed E-state index contributed by atoms with van der Waals surface area (Å²) in [6, 6.07) is 4.66. The molecule has 1 saturated carbocycles. The molecular formula is C21H29N3O5. The lowest BCUT2D eigenvalue weighted by Crippen LogP contribution is -2.46. The van der Waals surface area contributed by atoms with E-state index < -0.39 is 17.5 Å². The number of benzene rings is 1. The lowest BCUT2D eigenvalue weighted by Gasteiger charge is -2.32. The molecule has 0 aromatic heterocycles. The van der Waals surface area contributed by atoms with Gasteiger partial charge in [-0.15, -0.1) is 0 Å². The second-order valence-corrected chi connectivity index (χ2v) is 7.81. The van der Waals surface area contributed by atoms with E-state index in [1.165, 1.54) is 20.6 Å². The Labute approximate surface area is 171 Å². The van der Waals surface area contributed by atoms with Crippen LogP contribution in [0.2, 0.25) is 0 Å². The average molecular weight is 403 g/mol. The summed E-state index contributed by atoms with van der Waals surface area (Å²) in [4.78, 5) is 41.1. The summed E-state index contributed by atoms with van der Waals surface area (Å²) in [5.74, 6) is 0.301. The Hall–Kier alpha value is -2.77. The first-order chi connectivity index (χ1) is 13.8. The van der Waals surface area contributed by atoms with E-state index in [2.05, 4.69) is 5.32 Å². The maximum Gasteiger partial charge on any atom is 0.325 e. The quantitative estimate of drug-likeness (QED) is 0.736. The van der Waals surface area contributed by atoms with Crippen molar-refractivity contribution >= 4 is 17.8 Å². The van der Waals surface area contributed by atoms with Crippen LogP contribution in [0.5, 0.6) is 11.5 Å². The number of rotatable bonds is 6. The molecular weight excluding hydrogens is 374 g/mol. The second kappa shape index (κ2) is 8.31. The number of carbonyl (C=O) groups is 3. The summed E-state index contributed by atoms with van der Waals surface area (Å²) in [5, 5.41) is 2.73. The molecule has 4 amide bonds. The van der Waals surface area contributed by atoms with Crippen LogP contribution in [-0.4, -0.2) is 61.5 Å². The van der Waals surface area contributed by atoms with Crippen molar-refractivity contribution < 1.29 is 23.9 Å². The Balaban J connectivity index is 1.77. The van der Waals surface area contributed by atoms with Gasteiger partial charge in [0.15, 0.2) is 11.5 Å². The highest BCUT2D eigenvalue weighted by atomic mass is 16.5. The summed E-state index contributed by atoms with van der Waals surface area (Å²) >= 11 is 0. The van der Waals surface area contributed by atoms with Crippen molar-refractivity contribution in [3.05, 3.63) is 23.8 Å². The fourth-order valence-electron chi connectivity index (χ4n) is 4.10. The van der Waals surface area contributed by atoms with Gasteiger partial charge in [-0.25, -0.2) is 4.79 Å². The number of nitrogens with zero attached hydrogens (tertiary/aromatic N) is 2. The Morgan fingerprint density at radius 2 is 1.83 bits per heavy atom. The van der Waals surface area contributed by atoms with Crippen molar-refractivity contribution in [2.24, 2.45) is 0 Å². The minimum Gasteiger partial charge on any atom is -0.493 e. The molecule has 1 aliphatic heterocycles. The fraction of sp³-hybridized carbons (Fsp3) is 0.571. The number of methoxy groups -OCH3 is 2. The third kappa shape index (κ3) is 3.88. The number of nitrogens with one attached hydrogen (secondary N) is 1. The van der Waals surface area contributed by atoms with Crippen LogP contribution in [0, 0.1) is 0 Å². The maximum absolute atomic E-state index is 13.1. The number of ether oxygens (including phenoxy) is 2. The maximum atomic E-state index is 13.1. The molecule has 1 unspecified atom stereocenters. The molecule has 8 nitrogen and oxygen atoms in total. The number of urea groups is 1. The van der Waals surface area contributed by atoms with Crippen molar-refractivity contribution in [2.75, 3.05) is 27.8 Å². The summed E-state index contributed by atoms with van der Waals surface area (Å²) in [6.45, 7) is 1.37. The van der Waals surface area contributed by atoms with Crippen LogP contribution in [0.25, 0.3) is 0 Å². The van der Waals surface area contributed by atoms with Crippen molar-refractivity contribution in [2.45, 2.75) is 50.6 Å². The molecule has 0 spiro atoms. The topological polar surface area (TPSA) is 88.2 Å². The molecule has 8 heteroatoms. The molecule has 1 aliphatic carbocycles. The Morgan fingerprint density at radius 3 is 2.45 bits per heavy atom. The Morgan fingerprint density at radius 1 is 1.17 bits per heavy atom. The standard InChI is InChI=1S/C21H29N3O5/c1-21(14-10-11-16(28-3)17(12-14)29-4)19(26)24(20(27)22-21)13-18(25)23(2)15-8-6-5-7-9-15/h10-12,15H,5-9,13H2,1-4H3,(H,22,27). The van der Waals surface area contributed by atoms with Crippen molar-refractivity contribution in [1.29, 1.82) is 0 Å². The number of amides is 4. The van der Waals surface area contributed by atoms with E-state index in [0.29, 0.717) is 17.1 Å². The first-order valence-electron chi connectivity index (χ1n) is 9.94. The van der Waals surface area contributed by atoms with Gasteiger partial charge < -0.3 is 19.7 Å². The van der Waals surface area contributed by atoms with Crippen LogP contribution in [0.3, 0.4) is 0 Å². The smallest absolute Gasteiger partial charge is 0.325 e. The van der Waals surface area contributed by atoms with Gasteiger partial charge in [0.25, 0.3) is 5.91 Å². The van der Waals surface area contributed by atoms with Gasteiger partial charge in [0.1, 0.15) is 12.1 Å². The predicted octanol–water partition coefficient (Wildman–Crippen LogP) is 2.26. The molecule has 1 N–H and O–H groups in total. The third-order valence-corrected chi connectivity index (χ3v) is 6.05. The summed E-state index contributed by atoms with van der Waals surface area (Å²) in [6.07, 6.45) is 5.32. The lowest BCUT2D eigenvalue weighted by molar-refractivity contribution is -0.139. The molecule has 1 atom stereocenters. The highest BCUT2D eigenvalue weighted by Crippen LogP contribution is 2.35. The SMILES string of the molecule is COc1ccc(C2(C)NC(=O)N(CC(=O)N(C)C3CCCCC3)C2=O)cc1OC. The number of imide groups is 1. The van der Waals surface area contributed by atoms with Gasteiger partial charge in [0, 0.05) is 13.1 Å². The van der Waals surface area contributed by atoms with E-state index in [1.807, 2.05) is 0 Å². The summed E-state index contributed by atoms with van der Waals surface area (Å²) < 4.78 is 10.5. The van der Waals surface area contributed by atoms with Crippen LogP contribution in [0.1, 0.15) is 44.6 Å². The first-order valence-corrected chi connectivity index (χ1v) is 9.94. The molecule has 1 saturated heterocycles. The molecule has 0 radical (unpaired) electrons. The number of carbonyl (C=O) groups excluding carboxylic acids is 3. The van der Waals surface area contributed by atoms with Crippen LogP contribution >= 0.6 is 0 Å². The summed E-state index contributed by atoms with van der Waals surface area (Å²) in [7, 11) is 4.79. The van der Waals surface area contributed by atoms with Gasteiger partial charge in [-0.05, 0) is 37.5 Å². The first kappa shape index (κ1) is 21.0. The zero-order valence-electron chi connectivity index (χ0n) is 17.5.